The van der Waals surface area contributed by atoms with E-state index in [1.165, 1.54) is 18.5 Å². The summed E-state index contributed by atoms with van der Waals surface area (Å²) < 4.78 is 0. The van der Waals surface area contributed by atoms with Crippen molar-refractivity contribution in [3.63, 3.8) is 0 Å². The van der Waals surface area contributed by atoms with E-state index >= 15 is 0 Å². The smallest absolute Gasteiger partial charge is 0.226 e. The van der Waals surface area contributed by atoms with Gasteiger partial charge in [-0.15, -0.1) is 0 Å². The molecule has 1 aliphatic heterocycles. The molecule has 0 aromatic heterocycles. The lowest BCUT2D eigenvalue weighted by Gasteiger charge is -2.63. The Labute approximate surface area is 165 Å². The summed E-state index contributed by atoms with van der Waals surface area (Å²) in [5, 5.41) is 11.9. The summed E-state index contributed by atoms with van der Waals surface area (Å²) in [6.45, 7) is 14.5. The fraction of sp³-hybridized carbons (Fsp3) is 0.875. The molecule has 0 bridgehead atoms. The van der Waals surface area contributed by atoms with Crippen LogP contribution in [-0.4, -0.2) is 28.1 Å². The summed E-state index contributed by atoms with van der Waals surface area (Å²) in [6.07, 6.45) is 8.46. The number of hydrogen-bond donors (Lipinski definition) is 1. The maximum Gasteiger partial charge on any atom is 0.226 e. The molecule has 0 radical (unpaired) electrons. The number of piperidine rings is 1. The summed E-state index contributed by atoms with van der Waals surface area (Å²) in [6, 6.07) is 0. The Morgan fingerprint density at radius 2 is 1.96 bits per heavy atom. The van der Waals surface area contributed by atoms with Crippen molar-refractivity contribution in [2.75, 3.05) is 6.54 Å². The first-order valence-electron chi connectivity index (χ1n) is 11.3. The van der Waals surface area contributed by atoms with Crippen molar-refractivity contribution >= 4 is 5.91 Å². The lowest BCUT2D eigenvalue weighted by Crippen LogP contribution is -2.63. The number of fused-ring (bicyclic) bond motifs is 5. The largest absolute Gasteiger partial charge is 0.390 e. The van der Waals surface area contributed by atoms with Gasteiger partial charge in [-0.2, -0.15) is 0 Å². The fourth-order valence-electron chi connectivity index (χ4n) is 8.71. The van der Waals surface area contributed by atoms with Crippen molar-refractivity contribution in [2.24, 2.45) is 40.4 Å². The third-order valence-electron chi connectivity index (χ3n) is 9.26. The van der Waals surface area contributed by atoms with Gasteiger partial charge in [0.25, 0.3) is 0 Å². The highest BCUT2D eigenvalue weighted by Gasteiger charge is 2.65. The zero-order valence-electron chi connectivity index (χ0n) is 18.2. The molecule has 27 heavy (non-hydrogen) atoms. The van der Waals surface area contributed by atoms with E-state index in [4.69, 9.17) is 0 Å². The summed E-state index contributed by atoms with van der Waals surface area (Å²) >= 11 is 0. The topological polar surface area (TPSA) is 40.5 Å². The van der Waals surface area contributed by atoms with Gasteiger partial charge >= 0.3 is 0 Å². The van der Waals surface area contributed by atoms with Crippen molar-refractivity contribution in [1.82, 2.24) is 4.90 Å². The minimum Gasteiger partial charge on any atom is -0.390 e. The zero-order chi connectivity index (χ0) is 19.8. The van der Waals surface area contributed by atoms with Gasteiger partial charge in [-0.05, 0) is 75.0 Å². The third-order valence-corrected chi connectivity index (χ3v) is 9.26. The second kappa shape index (κ2) is 6.08. The van der Waals surface area contributed by atoms with E-state index in [1.807, 2.05) is 4.90 Å². The molecular weight excluding hydrogens is 334 g/mol. The molecule has 1 N–H and O–H groups in total. The SMILES string of the molecule is CCN1C(=O)CC[C@@]2(C)C1=CCC1C3CCC(C(C)C)[C@@]3(C)C[C@](C)(O)C12. The van der Waals surface area contributed by atoms with Crippen LogP contribution in [0.1, 0.15) is 80.1 Å². The molecule has 2 saturated carbocycles. The lowest BCUT2D eigenvalue weighted by atomic mass is 9.44. The van der Waals surface area contributed by atoms with E-state index in [2.05, 4.69) is 47.6 Å². The number of allylic oxidation sites excluding steroid dienone is 2. The molecular formula is C24H39NO2. The van der Waals surface area contributed by atoms with Crippen LogP contribution in [0.15, 0.2) is 11.8 Å². The highest BCUT2D eigenvalue weighted by molar-refractivity contribution is 5.80. The average Bonchev–Trinajstić information content (AvgIpc) is 2.90. The second-order valence-electron chi connectivity index (χ2n) is 11.1. The molecule has 0 aromatic carbocycles. The predicted molar refractivity (Wildman–Crippen MR) is 109 cm³/mol. The standard InChI is InChI=1S/C24H39NO2/c1-7-25-19-11-8-16-18-10-9-17(15(2)3)23(18,5)14-24(6,27)21(16)22(19,4)13-12-20(25)26/h11,15-18,21,27H,7-10,12-14H2,1-6H3/t16?,17?,18?,21?,22-,23+,24-/m0/s1. The van der Waals surface area contributed by atoms with Crippen LogP contribution in [0.4, 0.5) is 0 Å². The summed E-state index contributed by atoms with van der Waals surface area (Å²) in [5.41, 5.74) is 0.717. The third kappa shape index (κ3) is 2.52. The van der Waals surface area contributed by atoms with Gasteiger partial charge in [0.05, 0.1) is 5.60 Å². The van der Waals surface area contributed by atoms with Crippen LogP contribution in [0.5, 0.6) is 0 Å². The maximum atomic E-state index is 12.5. The molecule has 1 amide bonds. The van der Waals surface area contributed by atoms with Crippen LogP contribution in [0.2, 0.25) is 0 Å². The van der Waals surface area contributed by atoms with E-state index in [-0.39, 0.29) is 22.7 Å². The first kappa shape index (κ1) is 19.5. The van der Waals surface area contributed by atoms with Gasteiger partial charge in [-0.25, -0.2) is 0 Å². The van der Waals surface area contributed by atoms with Crippen LogP contribution < -0.4 is 0 Å². The molecule has 0 spiro atoms. The minimum absolute atomic E-state index is 0.0758. The summed E-state index contributed by atoms with van der Waals surface area (Å²) in [5.74, 6) is 3.17. The Morgan fingerprint density at radius 3 is 2.59 bits per heavy atom. The number of hydrogen-bond acceptors (Lipinski definition) is 2. The predicted octanol–water partition coefficient (Wildman–Crippen LogP) is 5.00. The molecule has 4 aliphatic rings. The molecule has 1 saturated heterocycles. The van der Waals surface area contributed by atoms with Crippen LogP contribution in [-0.2, 0) is 4.79 Å². The van der Waals surface area contributed by atoms with Crippen LogP contribution in [0.25, 0.3) is 0 Å². The quantitative estimate of drug-likeness (QED) is 0.740. The second-order valence-corrected chi connectivity index (χ2v) is 11.1. The molecule has 3 heteroatoms. The molecule has 152 valence electrons. The van der Waals surface area contributed by atoms with Crippen molar-refractivity contribution in [1.29, 1.82) is 0 Å². The lowest BCUT2D eigenvalue weighted by molar-refractivity contribution is -0.186. The van der Waals surface area contributed by atoms with Gasteiger partial charge in [-0.1, -0.05) is 33.8 Å². The number of likely N-dealkylation sites (tertiary alicyclic amines) is 1. The Hall–Kier alpha value is -0.830. The maximum absolute atomic E-state index is 12.5. The van der Waals surface area contributed by atoms with Crippen molar-refractivity contribution in [3.8, 4) is 0 Å². The van der Waals surface area contributed by atoms with E-state index in [0.717, 1.165) is 25.8 Å². The van der Waals surface area contributed by atoms with Gasteiger partial charge < -0.3 is 10.0 Å². The summed E-state index contributed by atoms with van der Waals surface area (Å²) in [4.78, 5) is 14.5. The van der Waals surface area contributed by atoms with Crippen molar-refractivity contribution in [3.05, 3.63) is 11.8 Å². The molecule has 7 atom stereocenters. The van der Waals surface area contributed by atoms with Crippen molar-refractivity contribution in [2.45, 2.75) is 85.7 Å². The molecule has 0 aromatic rings. The van der Waals surface area contributed by atoms with Crippen LogP contribution >= 0.6 is 0 Å². The molecule has 1 heterocycles. The monoisotopic (exact) mass is 373 g/mol. The highest BCUT2D eigenvalue weighted by Crippen LogP contribution is 2.69. The number of rotatable bonds is 2. The average molecular weight is 374 g/mol. The molecule has 3 fully saturated rings. The Balaban J connectivity index is 1.79. The number of nitrogens with zero attached hydrogens (tertiary/aromatic N) is 1. The van der Waals surface area contributed by atoms with E-state index in [1.54, 1.807) is 0 Å². The normalized spacial score (nSPS) is 49.6. The summed E-state index contributed by atoms with van der Waals surface area (Å²) in [7, 11) is 0. The van der Waals surface area contributed by atoms with Gasteiger partial charge in [0, 0.05) is 30.0 Å². The number of carbonyl (C=O) groups is 1. The van der Waals surface area contributed by atoms with Crippen LogP contribution in [0.3, 0.4) is 0 Å². The van der Waals surface area contributed by atoms with Gasteiger partial charge in [0.2, 0.25) is 5.91 Å². The number of aliphatic hydroxyl groups is 1. The van der Waals surface area contributed by atoms with Gasteiger partial charge in [0.15, 0.2) is 0 Å². The number of carbonyl (C=O) groups excluding carboxylic acids is 1. The van der Waals surface area contributed by atoms with E-state index in [0.29, 0.717) is 30.1 Å². The Bertz CT molecular complexity index is 665. The van der Waals surface area contributed by atoms with E-state index in [9.17, 15) is 9.90 Å². The number of amides is 1. The zero-order valence-corrected chi connectivity index (χ0v) is 18.2. The molecule has 3 aliphatic carbocycles. The van der Waals surface area contributed by atoms with Gasteiger partial charge in [-0.3, -0.25) is 4.79 Å². The van der Waals surface area contributed by atoms with E-state index < -0.39 is 5.60 Å². The van der Waals surface area contributed by atoms with Gasteiger partial charge in [0.1, 0.15) is 0 Å². The molecule has 4 rings (SSSR count). The Morgan fingerprint density at radius 1 is 1.26 bits per heavy atom. The first-order chi connectivity index (χ1) is 12.6. The Kier molecular flexibility index (Phi) is 4.39. The minimum atomic E-state index is -0.665. The first-order valence-corrected chi connectivity index (χ1v) is 11.3. The fourth-order valence-corrected chi connectivity index (χ4v) is 8.71. The highest BCUT2D eigenvalue weighted by atomic mass is 16.3. The van der Waals surface area contributed by atoms with Crippen molar-refractivity contribution < 1.29 is 9.90 Å². The molecule has 3 nitrogen and oxygen atoms in total. The molecule has 4 unspecified atom stereocenters. The van der Waals surface area contributed by atoms with Crippen LogP contribution in [0, 0.1) is 40.4 Å².